The van der Waals surface area contributed by atoms with E-state index in [0.29, 0.717) is 18.8 Å². The standard InChI is InChI=1S/C21H23BrN2O2/c1-14(2)26-21-11-20-16(8-19(21)22)12-24(23-20)17-9-18(10-17)25-13-15-6-4-3-5-7-15/h3-8,11-12,14,17-18H,9-10,13H2,1-2H3/t17-,18-. The summed E-state index contributed by atoms with van der Waals surface area (Å²) in [4.78, 5) is 0. The van der Waals surface area contributed by atoms with Crippen molar-refractivity contribution < 1.29 is 9.47 Å². The highest BCUT2D eigenvalue weighted by atomic mass is 79.9. The number of benzene rings is 2. The minimum absolute atomic E-state index is 0.139. The maximum Gasteiger partial charge on any atom is 0.136 e. The third-order valence-corrected chi connectivity index (χ3v) is 5.33. The van der Waals surface area contributed by atoms with Crippen molar-refractivity contribution in [2.24, 2.45) is 0 Å². The molecule has 0 unspecified atom stereocenters. The Bertz CT molecular complexity index is 886. The SMILES string of the molecule is CC(C)Oc1cc2nn([C@H]3C[C@H](OCc4ccccc4)C3)cc2cc1Br. The topological polar surface area (TPSA) is 36.3 Å². The molecule has 1 aromatic heterocycles. The van der Waals surface area contributed by atoms with Crippen LogP contribution >= 0.6 is 15.9 Å². The third-order valence-electron chi connectivity index (χ3n) is 4.71. The van der Waals surface area contributed by atoms with Gasteiger partial charge in [0.15, 0.2) is 0 Å². The van der Waals surface area contributed by atoms with E-state index in [-0.39, 0.29) is 6.10 Å². The summed E-state index contributed by atoms with van der Waals surface area (Å²) in [6, 6.07) is 14.8. The fourth-order valence-electron chi connectivity index (χ4n) is 3.25. The van der Waals surface area contributed by atoms with Crippen molar-refractivity contribution in [3.8, 4) is 5.75 Å². The number of hydrogen-bond donors (Lipinski definition) is 0. The lowest BCUT2D eigenvalue weighted by molar-refractivity contribution is -0.0382. The lowest BCUT2D eigenvalue weighted by Gasteiger charge is -2.35. The number of ether oxygens (including phenoxy) is 2. The second-order valence-corrected chi connectivity index (χ2v) is 8.02. The summed E-state index contributed by atoms with van der Waals surface area (Å²) in [5, 5.41) is 5.88. The van der Waals surface area contributed by atoms with Gasteiger partial charge in [0.1, 0.15) is 5.75 Å². The molecule has 1 aliphatic rings. The molecule has 1 fully saturated rings. The Morgan fingerprint density at radius 1 is 1.19 bits per heavy atom. The van der Waals surface area contributed by atoms with Crippen LogP contribution in [0.1, 0.15) is 38.3 Å². The molecule has 0 saturated heterocycles. The molecule has 136 valence electrons. The van der Waals surface area contributed by atoms with Gasteiger partial charge in [-0.1, -0.05) is 30.3 Å². The summed E-state index contributed by atoms with van der Waals surface area (Å²) >= 11 is 3.59. The van der Waals surface area contributed by atoms with E-state index in [1.807, 2.05) is 38.1 Å². The van der Waals surface area contributed by atoms with Gasteiger partial charge >= 0.3 is 0 Å². The molecule has 0 atom stereocenters. The highest BCUT2D eigenvalue weighted by molar-refractivity contribution is 9.10. The summed E-state index contributed by atoms with van der Waals surface area (Å²) in [5.74, 6) is 0.843. The molecule has 0 bridgehead atoms. The Morgan fingerprint density at radius 3 is 2.69 bits per heavy atom. The van der Waals surface area contributed by atoms with Gasteiger partial charge in [-0.3, -0.25) is 4.68 Å². The van der Waals surface area contributed by atoms with Gasteiger partial charge in [0.05, 0.1) is 34.8 Å². The molecular formula is C21H23BrN2O2. The number of fused-ring (bicyclic) bond motifs is 1. The van der Waals surface area contributed by atoms with Gasteiger partial charge in [-0.2, -0.15) is 5.10 Å². The molecule has 4 nitrogen and oxygen atoms in total. The molecule has 26 heavy (non-hydrogen) atoms. The van der Waals surface area contributed by atoms with E-state index in [0.717, 1.165) is 34.0 Å². The molecule has 1 aliphatic carbocycles. The summed E-state index contributed by atoms with van der Waals surface area (Å²) < 4.78 is 14.9. The number of halogens is 1. The second-order valence-electron chi connectivity index (χ2n) is 7.16. The van der Waals surface area contributed by atoms with Crippen molar-refractivity contribution in [2.45, 2.75) is 51.5 Å². The number of rotatable bonds is 6. The van der Waals surface area contributed by atoms with E-state index in [4.69, 9.17) is 14.6 Å². The fourth-order valence-corrected chi connectivity index (χ4v) is 3.71. The molecule has 0 aliphatic heterocycles. The minimum atomic E-state index is 0.139. The van der Waals surface area contributed by atoms with Crippen LogP contribution in [0.15, 0.2) is 53.1 Å². The Balaban J connectivity index is 1.39. The van der Waals surface area contributed by atoms with Gasteiger partial charge in [0, 0.05) is 17.6 Å². The van der Waals surface area contributed by atoms with Crippen LogP contribution in [0.25, 0.3) is 10.9 Å². The predicted octanol–water partition coefficient (Wildman–Crippen LogP) is 5.51. The van der Waals surface area contributed by atoms with E-state index < -0.39 is 0 Å². The average molecular weight is 415 g/mol. The van der Waals surface area contributed by atoms with Crippen LogP contribution in [0, 0.1) is 0 Å². The maximum atomic E-state index is 6.00. The average Bonchev–Trinajstić information content (AvgIpc) is 2.96. The van der Waals surface area contributed by atoms with Crippen molar-refractivity contribution in [1.29, 1.82) is 0 Å². The molecule has 2 aromatic carbocycles. The summed E-state index contributed by atoms with van der Waals surface area (Å²) in [6.45, 7) is 4.74. The lowest BCUT2D eigenvalue weighted by atomic mass is 9.89. The zero-order chi connectivity index (χ0) is 18.1. The quantitative estimate of drug-likeness (QED) is 0.533. The van der Waals surface area contributed by atoms with Crippen molar-refractivity contribution in [2.75, 3.05) is 0 Å². The van der Waals surface area contributed by atoms with Crippen LogP contribution in [-0.2, 0) is 11.3 Å². The summed E-state index contributed by atoms with van der Waals surface area (Å²) in [5.41, 5.74) is 2.20. The summed E-state index contributed by atoms with van der Waals surface area (Å²) in [6.07, 6.45) is 4.60. The molecule has 0 amide bonds. The molecular weight excluding hydrogens is 392 g/mol. The first-order valence-corrected chi connectivity index (χ1v) is 9.88. The van der Waals surface area contributed by atoms with Crippen molar-refractivity contribution in [1.82, 2.24) is 9.78 Å². The third kappa shape index (κ3) is 3.79. The molecule has 5 heteroatoms. The fraction of sp³-hybridized carbons (Fsp3) is 0.381. The highest BCUT2D eigenvalue weighted by Gasteiger charge is 2.32. The van der Waals surface area contributed by atoms with Crippen molar-refractivity contribution in [3.63, 3.8) is 0 Å². The molecule has 1 saturated carbocycles. The predicted molar refractivity (Wildman–Crippen MR) is 106 cm³/mol. The first-order chi connectivity index (χ1) is 12.6. The van der Waals surface area contributed by atoms with E-state index >= 15 is 0 Å². The van der Waals surface area contributed by atoms with Crippen LogP contribution in [0.4, 0.5) is 0 Å². The van der Waals surface area contributed by atoms with Crippen LogP contribution in [0.2, 0.25) is 0 Å². The first kappa shape index (κ1) is 17.6. The molecule has 0 N–H and O–H groups in total. The molecule has 0 spiro atoms. The zero-order valence-corrected chi connectivity index (χ0v) is 16.6. The normalized spacial score (nSPS) is 19.7. The number of hydrogen-bond acceptors (Lipinski definition) is 3. The smallest absolute Gasteiger partial charge is 0.136 e. The summed E-state index contributed by atoms with van der Waals surface area (Å²) in [7, 11) is 0. The molecule has 1 heterocycles. The Hall–Kier alpha value is -1.85. The van der Waals surface area contributed by atoms with E-state index in [1.54, 1.807) is 0 Å². The van der Waals surface area contributed by atoms with Gasteiger partial charge in [-0.05, 0) is 54.2 Å². The van der Waals surface area contributed by atoms with E-state index in [2.05, 4.69) is 45.0 Å². The van der Waals surface area contributed by atoms with Crippen molar-refractivity contribution in [3.05, 3.63) is 58.7 Å². The monoisotopic (exact) mass is 414 g/mol. The van der Waals surface area contributed by atoms with Gasteiger partial charge in [0.2, 0.25) is 0 Å². The van der Waals surface area contributed by atoms with Gasteiger partial charge in [0.25, 0.3) is 0 Å². The van der Waals surface area contributed by atoms with E-state index in [1.165, 1.54) is 5.56 Å². The second kappa shape index (κ2) is 7.41. The Labute approximate surface area is 162 Å². The lowest BCUT2D eigenvalue weighted by Crippen LogP contribution is -2.33. The highest BCUT2D eigenvalue weighted by Crippen LogP contribution is 2.37. The molecule has 0 radical (unpaired) electrons. The Morgan fingerprint density at radius 2 is 1.96 bits per heavy atom. The van der Waals surface area contributed by atoms with Crippen molar-refractivity contribution >= 4 is 26.8 Å². The number of nitrogens with zero attached hydrogens (tertiary/aromatic N) is 2. The largest absolute Gasteiger partial charge is 0.490 e. The minimum Gasteiger partial charge on any atom is -0.490 e. The van der Waals surface area contributed by atoms with Crippen LogP contribution in [0.3, 0.4) is 0 Å². The van der Waals surface area contributed by atoms with Crippen LogP contribution in [-0.4, -0.2) is 22.0 Å². The van der Waals surface area contributed by atoms with E-state index in [9.17, 15) is 0 Å². The maximum absolute atomic E-state index is 6.00. The van der Waals surface area contributed by atoms with Crippen LogP contribution < -0.4 is 4.74 Å². The van der Waals surface area contributed by atoms with Gasteiger partial charge in [-0.25, -0.2) is 0 Å². The van der Waals surface area contributed by atoms with Gasteiger partial charge in [-0.15, -0.1) is 0 Å². The Kier molecular flexibility index (Phi) is 5.00. The molecule has 3 aromatic rings. The van der Waals surface area contributed by atoms with Crippen LogP contribution in [0.5, 0.6) is 5.75 Å². The number of aromatic nitrogens is 2. The zero-order valence-electron chi connectivity index (χ0n) is 15.1. The van der Waals surface area contributed by atoms with Gasteiger partial charge < -0.3 is 9.47 Å². The first-order valence-electron chi connectivity index (χ1n) is 9.09. The molecule has 4 rings (SSSR count).